The van der Waals surface area contributed by atoms with E-state index in [1.165, 1.54) is 0 Å². The van der Waals surface area contributed by atoms with Crippen LogP contribution < -0.4 is 9.47 Å². The van der Waals surface area contributed by atoms with Crippen LogP contribution in [-0.4, -0.2) is 56.7 Å². The van der Waals surface area contributed by atoms with E-state index in [-0.39, 0.29) is 0 Å². The molecule has 170 valence electrons. The van der Waals surface area contributed by atoms with Gasteiger partial charge in [-0.25, -0.2) is 13.4 Å². The average molecular weight is 464 g/mol. The third kappa shape index (κ3) is 3.85. The molecule has 0 amide bonds. The maximum absolute atomic E-state index is 13.2. The van der Waals surface area contributed by atoms with Gasteiger partial charge in [0, 0.05) is 26.2 Å². The highest BCUT2D eigenvalue weighted by molar-refractivity contribution is 7.89. The third-order valence-corrected chi connectivity index (χ3v) is 8.05. The molecule has 2 heterocycles. The number of rotatable bonds is 3. The number of hydrogen-bond donors (Lipinski definition) is 0. The zero-order valence-electron chi connectivity index (χ0n) is 18.6. The van der Waals surface area contributed by atoms with Crippen molar-refractivity contribution in [1.82, 2.24) is 9.21 Å². The van der Waals surface area contributed by atoms with Crippen molar-refractivity contribution in [3.63, 3.8) is 0 Å². The molecule has 2 aliphatic rings. The molecule has 0 atom stereocenters. The number of sulfonamides is 1. The Morgan fingerprint density at radius 3 is 2.39 bits per heavy atom. The first-order chi connectivity index (χ1) is 16.0. The molecule has 0 spiro atoms. The number of aliphatic imine (C=N–C) groups is 1. The fourth-order valence-corrected chi connectivity index (χ4v) is 5.89. The SMILES string of the molecule is COc1cccc2c1Oc1ccccc1N=C2N1CCN(S(=O)(=O)c2ccccc2C)CC1. The molecule has 2 aliphatic heterocycles. The molecular weight excluding hydrogens is 438 g/mol. The molecule has 8 heteroatoms. The molecule has 0 N–H and O–H groups in total. The van der Waals surface area contributed by atoms with E-state index in [4.69, 9.17) is 14.5 Å². The van der Waals surface area contributed by atoms with Gasteiger partial charge < -0.3 is 14.4 Å². The van der Waals surface area contributed by atoms with Crippen LogP contribution in [0.2, 0.25) is 0 Å². The first-order valence-electron chi connectivity index (χ1n) is 10.8. The van der Waals surface area contributed by atoms with Gasteiger partial charge in [0.05, 0.1) is 17.6 Å². The van der Waals surface area contributed by atoms with Gasteiger partial charge >= 0.3 is 0 Å². The lowest BCUT2D eigenvalue weighted by Gasteiger charge is -2.36. The normalized spacial score (nSPS) is 16.2. The number of piperazine rings is 1. The topological polar surface area (TPSA) is 71.4 Å². The van der Waals surface area contributed by atoms with Crippen LogP contribution in [0.3, 0.4) is 0 Å². The second kappa shape index (κ2) is 8.53. The molecule has 5 rings (SSSR count). The summed E-state index contributed by atoms with van der Waals surface area (Å²) in [6.07, 6.45) is 0. The van der Waals surface area contributed by atoms with Crippen LogP contribution in [-0.2, 0) is 10.0 Å². The summed E-state index contributed by atoms with van der Waals surface area (Å²) in [6.45, 7) is 3.60. The molecule has 1 fully saturated rings. The average Bonchev–Trinajstić information content (AvgIpc) is 3.01. The van der Waals surface area contributed by atoms with Crippen molar-refractivity contribution in [3.05, 3.63) is 77.9 Å². The van der Waals surface area contributed by atoms with Gasteiger partial charge in [0.1, 0.15) is 11.5 Å². The van der Waals surface area contributed by atoms with Crippen LogP contribution in [0.5, 0.6) is 17.2 Å². The molecule has 0 aromatic heterocycles. The maximum Gasteiger partial charge on any atom is 0.243 e. The van der Waals surface area contributed by atoms with Crippen molar-refractivity contribution in [1.29, 1.82) is 0 Å². The Kier molecular flexibility index (Phi) is 5.55. The lowest BCUT2D eigenvalue weighted by molar-refractivity contribution is 0.266. The molecule has 3 aromatic rings. The molecular formula is C25H25N3O4S. The zero-order valence-corrected chi connectivity index (χ0v) is 19.4. The Hall–Kier alpha value is -3.36. The first kappa shape index (κ1) is 21.5. The summed E-state index contributed by atoms with van der Waals surface area (Å²) in [5.41, 5.74) is 2.30. The molecule has 3 aromatic carbocycles. The smallest absolute Gasteiger partial charge is 0.243 e. The molecule has 0 radical (unpaired) electrons. The molecule has 0 unspecified atom stereocenters. The van der Waals surface area contributed by atoms with Gasteiger partial charge in [0.25, 0.3) is 0 Å². The van der Waals surface area contributed by atoms with Crippen molar-refractivity contribution < 1.29 is 17.9 Å². The standard InChI is InChI=1S/C25H25N3O4S/c1-18-8-3-6-13-23(18)33(29,30)28-16-14-27(15-17-28)25-19-9-7-12-22(31-2)24(19)32-21-11-5-4-10-20(21)26-25/h3-13H,14-17H2,1-2H3. The monoisotopic (exact) mass is 463 g/mol. The summed E-state index contributed by atoms with van der Waals surface area (Å²) in [5, 5.41) is 0. The number of amidine groups is 1. The van der Waals surface area contributed by atoms with E-state index in [1.807, 2.05) is 61.5 Å². The predicted octanol–water partition coefficient (Wildman–Crippen LogP) is 4.19. The second-order valence-corrected chi connectivity index (χ2v) is 9.91. The van der Waals surface area contributed by atoms with Gasteiger partial charge in [-0.2, -0.15) is 4.31 Å². The van der Waals surface area contributed by atoms with E-state index in [0.717, 1.165) is 22.6 Å². The Balaban J connectivity index is 1.47. The first-order valence-corrected chi connectivity index (χ1v) is 12.3. The molecule has 0 bridgehead atoms. The van der Waals surface area contributed by atoms with Crippen LogP contribution in [0.1, 0.15) is 11.1 Å². The number of aryl methyl sites for hydroxylation is 1. The van der Waals surface area contributed by atoms with Crippen molar-refractivity contribution in [2.45, 2.75) is 11.8 Å². The van der Waals surface area contributed by atoms with E-state index in [9.17, 15) is 8.42 Å². The van der Waals surface area contributed by atoms with Crippen molar-refractivity contribution in [3.8, 4) is 17.2 Å². The number of fused-ring (bicyclic) bond motifs is 2. The van der Waals surface area contributed by atoms with E-state index >= 15 is 0 Å². The summed E-state index contributed by atoms with van der Waals surface area (Å²) in [5.74, 6) is 2.64. The minimum Gasteiger partial charge on any atom is -0.493 e. The van der Waals surface area contributed by atoms with Crippen LogP contribution in [0.4, 0.5) is 5.69 Å². The van der Waals surface area contributed by atoms with Gasteiger partial charge in [-0.1, -0.05) is 36.4 Å². The molecule has 0 aliphatic carbocycles. The quantitative estimate of drug-likeness (QED) is 0.582. The highest BCUT2D eigenvalue weighted by atomic mass is 32.2. The van der Waals surface area contributed by atoms with Gasteiger partial charge in [0.15, 0.2) is 17.2 Å². The number of hydrogen-bond acceptors (Lipinski definition) is 6. The Morgan fingerprint density at radius 1 is 0.909 bits per heavy atom. The summed E-state index contributed by atoms with van der Waals surface area (Å²) in [7, 11) is -1.94. The summed E-state index contributed by atoms with van der Waals surface area (Å²) < 4.78 is 39.8. The van der Waals surface area contributed by atoms with Crippen LogP contribution in [0.15, 0.2) is 76.6 Å². The van der Waals surface area contributed by atoms with Crippen LogP contribution in [0, 0.1) is 6.92 Å². The number of ether oxygens (including phenoxy) is 2. The Labute approximate surface area is 193 Å². The summed E-state index contributed by atoms with van der Waals surface area (Å²) in [6, 6.07) is 20.4. The third-order valence-electron chi connectivity index (χ3n) is 5.99. The van der Waals surface area contributed by atoms with E-state index in [2.05, 4.69) is 4.90 Å². The van der Waals surface area contributed by atoms with E-state index < -0.39 is 10.0 Å². The molecule has 33 heavy (non-hydrogen) atoms. The lowest BCUT2D eigenvalue weighted by atomic mass is 10.1. The van der Waals surface area contributed by atoms with Crippen molar-refractivity contribution >= 4 is 21.5 Å². The Morgan fingerprint density at radius 2 is 1.64 bits per heavy atom. The Bertz CT molecular complexity index is 1330. The van der Waals surface area contributed by atoms with Crippen molar-refractivity contribution in [2.75, 3.05) is 33.3 Å². The minimum atomic E-state index is -3.55. The number of benzene rings is 3. The minimum absolute atomic E-state index is 0.364. The van der Waals surface area contributed by atoms with E-state index in [1.54, 1.807) is 23.5 Å². The number of para-hydroxylation sites is 3. The van der Waals surface area contributed by atoms with Gasteiger partial charge in [-0.15, -0.1) is 0 Å². The highest BCUT2D eigenvalue weighted by Gasteiger charge is 2.32. The summed E-state index contributed by atoms with van der Waals surface area (Å²) >= 11 is 0. The van der Waals surface area contributed by atoms with Gasteiger partial charge in [-0.3, -0.25) is 0 Å². The van der Waals surface area contributed by atoms with Gasteiger partial charge in [0.2, 0.25) is 10.0 Å². The molecule has 0 saturated carbocycles. The number of methoxy groups -OCH3 is 1. The highest BCUT2D eigenvalue weighted by Crippen LogP contribution is 2.42. The van der Waals surface area contributed by atoms with Crippen LogP contribution >= 0.6 is 0 Å². The maximum atomic E-state index is 13.2. The molecule has 7 nitrogen and oxygen atoms in total. The second-order valence-electron chi connectivity index (χ2n) is 8.00. The molecule has 1 saturated heterocycles. The summed E-state index contributed by atoms with van der Waals surface area (Å²) in [4.78, 5) is 7.42. The zero-order chi connectivity index (χ0) is 23.0. The van der Waals surface area contributed by atoms with Gasteiger partial charge in [-0.05, 0) is 42.8 Å². The van der Waals surface area contributed by atoms with Crippen LogP contribution in [0.25, 0.3) is 0 Å². The largest absolute Gasteiger partial charge is 0.493 e. The van der Waals surface area contributed by atoms with E-state index in [0.29, 0.717) is 48.3 Å². The van der Waals surface area contributed by atoms with Crippen molar-refractivity contribution in [2.24, 2.45) is 4.99 Å². The number of nitrogens with zero attached hydrogens (tertiary/aromatic N) is 3. The lowest BCUT2D eigenvalue weighted by Crippen LogP contribution is -2.50. The fraction of sp³-hybridized carbons (Fsp3) is 0.240. The predicted molar refractivity (Wildman–Crippen MR) is 127 cm³/mol. The fourth-order valence-electron chi connectivity index (χ4n) is 4.24.